The standard InChI is InChI=1S/C7H7IN2O/c1-5-2-7(8)9-3-6(5)4-10-11/h2-4,11H,1H3/b10-4-. The first-order valence-electron chi connectivity index (χ1n) is 3.03. The predicted octanol–water partition coefficient (Wildman–Crippen LogP) is 1.80. The molecule has 1 N–H and O–H groups in total. The van der Waals surface area contributed by atoms with Crippen molar-refractivity contribution in [1.29, 1.82) is 0 Å². The lowest BCUT2D eigenvalue weighted by molar-refractivity contribution is 0.322. The van der Waals surface area contributed by atoms with E-state index < -0.39 is 0 Å². The van der Waals surface area contributed by atoms with Crippen molar-refractivity contribution in [2.24, 2.45) is 5.16 Å². The van der Waals surface area contributed by atoms with Gasteiger partial charge in [-0.25, -0.2) is 4.98 Å². The Morgan fingerprint density at radius 2 is 2.45 bits per heavy atom. The number of halogens is 1. The molecule has 0 bridgehead atoms. The maximum atomic E-state index is 8.25. The van der Waals surface area contributed by atoms with E-state index in [1.54, 1.807) is 6.20 Å². The second-order valence-electron chi connectivity index (χ2n) is 2.11. The van der Waals surface area contributed by atoms with Crippen molar-refractivity contribution in [3.63, 3.8) is 0 Å². The van der Waals surface area contributed by atoms with Crippen LogP contribution >= 0.6 is 22.6 Å². The van der Waals surface area contributed by atoms with E-state index in [1.807, 2.05) is 13.0 Å². The van der Waals surface area contributed by atoms with Gasteiger partial charge in [0.15, 0.2) is 0 Å². The van der Waals surface area contributed by atoms with Gasteiger partial charge in [-0.3, -0.25) is 0 Å². The van der Waals surface area contributed by atoms with Crippen LogP contribution in [-0.4, -0.2) is 16.4 Å². The third-order valence-corrected chi connectivity index (χ3v) is 1.90. The van der Waals surface area contributed by atoms with Gasteiger partial charge in [0.05, 0.1) is 6.21 Å². The third kappa shape index (κ3) is 2.14. The average Bonchev–Trinajstić information content (AvgIpc) is 1.95. The van der Waals surface area contributed by atoms with Crippen LogP contribution in [0.3, 0.4) is 0 Å². The van der Waals surface area contributed by atoms with Crippen molar-refractivity contribution in [2.45, 2.75) is 6.92 Å². The molecule has 3 nitrogen and oxygen atoms in total. The topological polar surface area (TPSA) is 45.5 Å². The minimum Gasteiger partial charge on any atom is -0.411 e. The Kier molecular flexibility index (Phi) is 2.81. The first-order chi connectivity index (χ1) is 5.24. The molecule has 4 heteroatoms. The van der Waals surface area contributed by atoms with E-state index in [1.165, 1.54) is 6.21 Å². The van der Waals surface area contributed by atoms with Gasteiger partial charge in [-0.2, -0.15) is 0 Å². The highest BCUT2D eigenvalue weighted by atomic mass is 127. The van der Waals surface area contributed by atoms with Crippen molar-refractivity contribution in [3.8, 4) is 0 Å². The van der Waals surface area contributed by atoms with Gasteiger partial charge in [0.1, 0.15) is 3.70 Å². The van der Waals surface area contributed by atoms with E-state index in [0.717, 1.165) is 14.8 Å². The highest BCUT2D eigenvalue weighted by Gasteiger charge is 1.95. The highest BCUT2D eigenvalue weighted by Crippen LogP contribution is 2.07. The van der Waals surface area contributed by atoms with Gasteiger partial charge in [-0.05, 0) is 41.1 Å². The van der Waals surface area contributed by atoms with Gasteiger partial charge in [-0.1, -0.05) is 5.16 Å². The second-order valence-corrected chi connectivity index (χ2v) is 3.21. The zero-order valence-electron chi connectivity index (χ0n) is 5.95. The monoisotopic (exact) mass is 262 g/mol. The fourth-order valence-corrected chi connectivity index (χ4v) is 1.34. The summed E-state index contributed by atoms with van der Waals surface area (Å²) in [5, 5.41) is 11.2. The van der Waals surface area contributed by atoms with Crippen LogP contribution in [0.1, 0.15) is 11.1 Å². The van der Waals surface area contributed by atoms with E-state index in [9.17, 15) is 0 Å². The summed E-state index contributed by atoms with van der Waals surface area (Å²) < 4.78 is 0.940. The molecular weight excluding hydrogens is 255 g/mol. The fraction of sp³-hybridized carbons (Fsp3) is 0.143. The Labute approximate surface area is 78.3 Å². The number of aromatic nitrogens is 1. The smallest absolute Gasteiger partial charge is 0.101 e. The second kappa shape index (κ2) is 3.66. The Balaban J connectivity index is 3.09. The average molecular weight is 262 g/mol. The Bertz CT molecular complexity index is 286. The number of rotatable bonds is 1. The molecule has 0 atom stereocenters. The molecule has 0 spiro atoms. The SMILES string of the molecule is Cc1cc(I)ncc1/C=N\O. The van der Waals surface area contributed by atoms with E-state index >= 15 is 0 Å². The molecule has 0 aliphatic carbocycles. The lowest BCUT2D eigenvalue weighted by atomic mass is 10.2. The molecule has 1 heterocycles. The van der Waals surface area contributed by atoms with E-state index in [2.05, 4.69) is 32.7 Å². The summed E-state index contributed by atoms with van der Waals surface area (Å²) >= 11 is 2.13. The number of hydrogen-bond acceptors (Lipinski definition) is 3. The molecule has 1 rings (SSSR count). The zero-order valence-corrected chi connectivity index (χ0v) is 8.11. The summed E-state index contributed by atoms with van der Waals surface area (Å²) in [7, 11) is 0. The summed E-state index contributed by atoms with van der Waals surface area (Å²) in [5.41, 5.74) is 1.90. The van der Waals surface area contributed by atoms with Crippen LogP contribution in [-0.2, 0) is 0 Å². The minimum absolute atomic E-state index is 0.841. The van der Waals surface area contributed by atoms with Crippen molar-refractivity contribution < 1.29 is 5.21 Å². The van der Waals surface area contributed by atoms with Crippen molar-refractivity contribution in [1.82, 2.24) is 4.98 Å². The number of aryl methyl sites for hydroxylation is 1. The van der Waals surface area contributed by atoms with E-state index in [0.29, 0.717) is 0 Å². The predicted molar refractivity (Wildman–Crippen MR) is 51.1 cm³/mol. The molecule has 0 saturated carbocycles. The zero-order chi connectivity index (χ0) is 8.27. The van der Waals surface area contributed by atoms with Gasteiger partial charge < -0.3 is 5.21 Å². The Morgan fingerprint density at radius 1 is 1.73 bits per heavy atom. The lowest BCUT2D eigenvalue weighted by Gasteiger charge is -1.97. The fourth-order valence-electron chi connectivity index (χ4n) is 0.730. The molecule has 0 radical (unpaired) electrons. The highest BCUT2D eigenvalue weighted by molar-refractivity contribution is 14.1. The van der Waals surface area contributed by atoms with Crippen molar-refractivity contribution in [2.75, 3.05) is 0 Å². The first-order valence-corrected chi connectivity index (χ1v) is 4.11. The number of hydrogen-bond donors (Lipinski definition) is 1. The van der Waals surface area contributed by atoms with Crippen LogP contribution in [0.15, 0.2) is 17.4 Å². The molecule has 0 aliphatic heterocycles. The van der Waals surface area contributed by atoms with Crippen LogP contribution in [0.5, 0.6) is 0 Å². The van der Waals surface area contributed by atoms with Crippen LogP contribution in [0.4, 0.5) is 0 Å². The van der Waals surface area contributed by atoms with Crippen LogP contribution in [0.2, 0.25) is 0 Å². The third-order valence-electron chi connectivity index (χ3n) is 1.31. The Morgan fingerprint density at radius 3 is 3.00 bits per heavy atom. The van der Waals surface area contributed by atoms with Crippen LogP contribution < -0.4 is 0 Å². The quantitative estimate of drug-likeness (QED) is 0.276. The molecular formula is C7H7IN2O. The molecule has 0 aromatic carbocycles. The first kappa shape index (κ1) is 8.45. The summed E-state index contributed by atoms with van der Waals surface area (Å²) in [6, 6.07) is 1.93. The van der Waals surface area contributed by atoms with E-state index in [-0.39, 0.29) is 0 Å². The largest absolute Gasteiger partial charge is 0.411 e. The van der Waals surface area contributed by atoms with Gasteiger partial charge in [0.25, 0.3) is 0 Å². The van der Waals surface area contributed by atoms with Gasteiger partial charge in [-0.15, -0.1) is 0 Å². The summed E-state index contributed by atoms with van der Waals surface area (Å²) in [4.78, 5) is 4.04. The maximum Gasteiger partial charge on any atom is 0.101 e. The number of pyridine rings is 1. The summed E-state index contributed by atoms with van der Waals surface area (Å²) in [6.45, 7) is 1.95. The molecule has 0 fully saturated rings. The van der Waals surface area contributed by atoms with Crippen molar-refractivity contribution >= 4 is 28.8 Å². The Hall–Kier alpha value is -0.650. The maximum absolute atomic E-state index is 8.25. The summed E-state index contributed by atoms with van der Waals surface area (Å²) in [5.74, 6) is 0. The van der Waals surface area contributed by atoms with Gasteiger partial charge in [0, 0.05) is 11.8 Å². The molecule has 1 aromatic heterocycles. The molecule has 0 unspecified atom stereocenters. The van der Waals surface area contributed by atoms with Gasteiger partial charge >= 0.3 is 0 Å². The minimum atomic E-state index is 0.841. The lowest BCUT2D eigenvalue weighted by Crippen LogP contribution is -1.90. The van der Waals surface area contributed by atoms with Gasteiger partial charge in [0.2, 0.25) is 0 Å². The molecule has 0 saturated heterocycles. The van der Waals surface area contributed by atoms with Crippen molar-refractivity contribution in [3.05, 3.63) is 27.1 Å². The molecule has 0 aliphatic rings. The van der Waals surface area contributed by atoms with E-state index in [4.69, 9.17) is 5.21 Å². The summed E-state index contributed by atoms with van der Waals surface area (Å²) in [6.07, 6.45) is 3.05. The molecule has 11 heavy (non-hydrogen) atoms. The molecule has 1 aromatic rings. The number of nitrogens with zero attached hydrogens (tertiary/aromatic N) is 2. The number of oxime groups is 1. The normalized spacial score (nSPS) is 10.7. The molecule has 0 amide bonds. The van der Waals surface area contributed by atoms with Crippen LogP contribution in [0, 0.1) is 10.6 Å². The van der Waals surface area contributed by atoms with Crippen LogP contribution in [0.25, 0.3) is 0 Å². The molecule has 58 valence electrons.